The van der Waals surface area contributed by atoms with Crippen molar-refractivity contribution in [1.82, 2.24) is 15.0 Å². The molecule has 2 heterocycles. The Morgan fingerprint density at radius 3 is 2.66 bits per heavy atom. The standard InChI is InChI=1S/C29H27F2N5O2/c1-14-2-3-17(12-32)19(8-14)23-11-24(35-26-16-6-4-15(5-7-16)25(26)29(37)38)36-28(34-23)21-13-33-27-20(21)9-18(30)10-22(27)31/h2-3,9-11,13-16,25-26,33H,4-8H2,1H3,(H,37,38)(H,34,35,36)/t14?,15?,16?,25-,26?/m1/s1. The highest BCUT2D eigenvalue weighted by Crippen LogP contribution is 2.46. The largest absolute Gasteiger partial charge is 0.481 e. The number of H-pyrrole nitrogens is 1. The first-order valence-corrected chi connectivity index (χ1v) is 13.0. The normalized spacial score (nSPS) is 26.5. The van der Waals surface area contributed by atoms with Crippen LogP contribution in [0.3, 0.4) is 0 Å². The van der Waals surface area contributed by atoms with Gasteiger partial charge < -0.3 is 15.4 Å². The topological polar surface area (TPSA) is 115 Å². The number of nitriles is 1. The number of halogens is 2. The van der Waals surface area contributed by atoms with Crippen LogP contribution in [-0.2, 0) is 4.79 Å². The van der Waals surface area contributed by atoms with E-state index in [4.69, 9.17) is 9.97 Å². The van der Waals surface area contributed by atoms with Crippen LogP contribution < -0.4 is 5.32 Å². The lowest BCUT2D eigenvalue weighted by Crippen LogP contribution is -2.51. The molecule has 0 amide bonds. The summed E-state index contributed by atoms with van der Waals surface area (Å²) in [4.78, 5) is 24.6. The average Bonchev–Trinajstić information content (AvgIpc) is 3.33. The Morgan fingerprint density at radius 2 is 1.92 bits per heavy atom. The summed E-state index contributed by atoms with van der Waals surface area (Å²) in [6.07, 6.45) is 9.65. The number of anilines is 1. The Bertz CT molecular complexity index is 1540. The van der Waals surface area contributed by atoms with E-state index in [1.807, 2.05) is 13.0 Å². The van der Waals surface area contributed by atoms with Gasteiger partial charge in [-0.25, -0.2) is 18.7 Å². The molecule has 2 aromatic heterocycles. The second kappa shape index (κ2) is 9.35. The molecule has 3 fully saturated rings. The Kier molecular flexibility index (Phi) is 5.98. The monoisotopic (exact) mass is 515 g/mol. The van der Waals surface area contributed by atoms with Crippen molar-refractivity contribution in [2.24, 2.45) is 23.7 Å². The number of aromatic nitrogens is 3. The third-order valence-electron chi connectivity index (χ3n) is 8.36. The van der Waals surface area contributed by atoms with Crippen molar-refractivity contribution in [2.45, 2.75) is 45.1 Å². The molecule has 9 heteroatoms. The van der Waals surface area contributed by atoms with Gasteiger partial charge in [0, 0.05) is 35.3 Å². The first-order chi connectivity index (χ1) is 18.3. The third kappa shape index (κ3) is 4.14. The quantitative estimate of drug-likeness (QED) is 0.380. The highest BCUT2D eigenvalue weighted by Gasteiger charge is 2.47. The molecule has 1 aromatic carbocycles. The lowest BCUT2D eigenvalue weighted by Gasteiger charge is -2.47. The molecule has 38 heavy (non-hydrogen) atoms. The first kappa shape index (κ1) is 24.3. The van der Waals surface area contributed by atoms with Gasteiger partial charge >= 0.3 is 5.97 Å². The number of fused-ring (bicyclic) bond motifs is 4. The fourth-order valence-corrected chi connectivity index (χ4v) is 6.53. The predicted molar refractivity (Wildman–Crippen MR) is 139 cm³/mol. The van der Waals surface area contributed by atoms with Gasteiger partial charge in [0.2, 0.25) is 0 Å². The summed E-state index contributed by atoms with van der Waals surface area (Å²) >= 11 is 0. The smallest absolute Gasteiger partial charge is 0.308 e. The summed E-state index contributed by atoms with van der Waals surface area (Å²) in [5.41, 5.74) is 2.35. The SMILES string of the molecule is CC1C=CC(C#N)=C(c2cc(NC3C4CCC(CC4)[C@H]3C(=O)O)nc(-c3c[nH]c4c(F)cc(F)cc34)n2)C1. The van der Waals surface area contributed by atoms with Gasteiger partial charge in [-0.15, -0.1) is 0 Å². The van der Waals surface area contributed by atoms with Gasteiger partial charge in [-0.1, -0.05) is 13.0 Å². The molecule has 194 valence electrons. The minimum atomic E-state index is -0.810. The van der Waals surface area contributed by atoms with Crippen LogP contribution in [0, 0.1) is 46.6 Å². The van der Waals surface area contributed by atoms with Crippen LogP contribution in [-0.4, -0.2) is 32.1 Å². The zero-order valence-corrected chi connectivity index (χ0v) is 20.8. The lowest BCUT2D eigenvalue weighted by molar-refractivity contribution is -0.148. The number of nitrogens with zero attached hydrogens (tertiary/aromatic N) is 3. The van der Waals surface area contributed by atoms with Crippen molar-refractivity contribution in [3.05, 3.63) is 59.4 Å². The van der Waals surface area contributed by atoms with Crippen LogP contribution in [0.15, 0.2) is 42.1 Å². The van der Waals surface area contributed by atoms with E-state index in [-0.39, 0.29) is 35.1 Å². The van der Waals surface area contributed by atoms with E-state index < -0.39 is 23.5 Å². The summed E-state index contributed by atoms with van der Waals surface area (Å²) < 4.78 is 28.6. The Morgan fingerprint density at radius 1 is 1.16 bits per heavy atom. The number of rotatable bonds is 5. The maximum absolute atomic E-state index is 14.4. The molecule has 4 aliphatic rings. The number of hydrogen-bond acceptors (Lipinski definition) is 5. The minimum Gasteiger partial charge on any atom is -0.481 e. The number of benzene rings is 1. The van der Waals surface area contributed by atoms with Gasteiger partial charge in [-0.05, 0) is 67.6 Å². The number of aliphatic carboxylic acids is 1. The van der Waals surface area contributed by atoms with E-state index in [0.29, 0.717) is 34.5 Å². The van der Waals surface area contributed by atoms with Crippen molar-refractivity contribution in [2.75, 3.05) is 5.32 Å². The van der Waals surface area contributed by atoms with E-state index in [1.165, 1.54) is 6.07 Å². The summed E-state index contributed by atoms with van der Waals surface area (Å²) in [5.74, 6) is -1.57. The fraction of sp³-hybridized carbons (Fsp3) is 0.379. The highest BCUT2D eigenvalue weighted by atomic mass is 19.1. The highest BCUT2D eigenvalue weighted by molar-refractivity contribution is 5.94. The molecule has 7 rings (SSSR count). The molecule has 3 atom stereocenters. The average molecular weight is 516 g/mol. The molecular weight excluding hydrogens is 488 g/mol. The number of carbonyl (C=O) groups is 1. The minimum absolute atomic E-state index is 0.118. The number of aromatic amines is 1. The van der Waals surface area contributed by atoms with Crippen LogP contribution in [0.25, 0.3) is 27.9 Å². The molecule has 4 aliphatic carbocycles. The third-order valence-corrected chi connectivity index (χ3v) is 8.36. The maximum Gasteiger partial charge on any atom is 0.308 e. The van der Waals surface area contributed by atoms with Gasteiger partial charge in [0.25, 0.3) is 0 Å². The van der Waals surface area contributed by atoms with E-state index in [9.17, 15) is 23.9 Å². The van der Waals surface area contributed by atoms with Crippen LogP contribution >= 0.6 is 0 Å². The molecule has 2 bridgehead atoms. The summed E-state index contributed by atoms with van der Waals surface area (Å²) in [6.45, 7) is 2.05. The van der Waals surface area contributed by atoms with Crippen LogP contribution in [0.5, 0.6) is 0 Å². The number of nitrogens with one attached hydrogen (secondary N) is 2. The fourth-order valence-electron chi connectivity index (χ4n) is 6.53. The van der Waals surface area contributed by atoms with Crippen molar-refractivity contribution in [3.63, 3.8) is 0 Å². The number of carboxylic acid groups (broad SMARTS) is 1. The second-order valence-corrected chi connectivity index (χ2v) is 10.7. The molecule has 3 aromatic rings. The Hall–Kier alpha value is -4.06. The van der Waals surface area contributed by atoms with Crippen molar-refractivity contribution >= 4 is 28.3 Å². The molecule has 0 spiro atoms. The number of hydrogen-bond donors (Lipinski definition) is 3. The maximum atomic E-state index is 14.4. The van der Waals surface area contributed by atoms with Crippen LogP contribution in [0.1, 0.15) is 44.7 Å². The molecule has 0 aliphatic heterocycles. The van der Waals surface area contributed by atoms with Crippen LogP contribution in [0.4, 0.5) is 14.6 Å². The van der Waals surface area contributed by atoms with Gasteiger partial charge in [-0.3, -0.25) is 4.79 Å². The first-order valence-electron chi connectivity index (χ1n) is 13.0. The van der Waals surface area contributed by atoms with Gasteiger partial charge in [0.1, 0.15) is 17.5 Å². The summed E-state index contributed by atoms with van der Waals surface area (Å²) in [6, 6.07) is 5.77. The Balaban J connectivity index is 1.50. The number of carboxylic acids is 1. The van der Waals surface area contributed by atoms with Gasteiger partial charge in [-0.2, -0.15) is 5.26 Å². The van der Waals surface area contributed by atoms with Crippen molar-refractivity contribution < 1.29 is 18.7 Å². The van der Waals surface area contributed by atoms with Crippen molar-refractivity contribution in [3.8, 4) is 17.5 Å². The van der Waals surface area contributed by atoms with Gasteiger partial charge in [0.05, 0.1) is 28.8 Å². The molecular formula is C29H27F2N5O2. The summed E-state index contributed by atoms with van der Waals surface area (Å²) in [7, 11) is 0. The zero-order chi connectivity index (χ0) is 26.6. The Labute approximate surface area is 218 Å². The molecule has 0 radical (unpaired) electrons. The molecule has 3 N–H and O–H groups in total. The molecule has 2 unspecified atom stereocenters. The van der Waals surface area contributed by atoms with Crippen molar-refractivity contribution in [1.29, 1.82) is 5.26 Å². The van der Waals surface area contributed by atoms with E-state index >= 15 is 0 Å². The van der Waals surface area contributed by atoms with E-state index in [1.54, 1.807) is 18.3 Å². The molecule has 7 nitrogen and oxygen atoms in total. The molecule has 3 saturated carbocycles. The van der Waals surface area contributed by atoms with E-state index in [0.717, 1.165) is 37.3 Å². The molecule has 0 saturated heterocycles. The van der Waals surface area contributed by atoms with E-state index in [2.05, 4.69) is 16.4 Å². The van der Waals surface area contributed by atoms with Gasteiger partial charge in [0.15, 0.2) is 5.82 Å². The predicted octanol–water partition coefficient (Wildman–Crippen LogP) is 6.08. The van der Waals surface area contributed by atoms with Crippen LogP contribution in [0.2, 0.25) is 0 Å². The second-order valence-electron chi connectivity index (χ2n) is 10.7. The summed E-state index contributed by atoms with van der Waals surface area (Å²) in [5, 5.41) is 23.6. The zero-order valence-electron chi connectivity index (χ0n) is 20.8. The number of allylic oxidation sites excluding steroid dienone is 4. The lowest BCUT2D eigenvalue weighted by atomic mass is 9.61.